The van der Waals surface area contributed by atoms with Crippen LogP contribution in [-0.2, 0) is 0 Å². The molecule has 1 amide bonds. The van der Waals surface area contributed by atoms with Gasteiger partial charge >= 0.3 is 0 Å². The summed E-state index contributed by atoms with van der Waals surface area (Å²) in [5.74, 6) is 6.57. The molecule has 0 spiro atoms. The smallest absolute Gasteiger partial charge is 0.263 e. The third kappa shape index (κ3) is 3.82. The molecule has 0 unspecified atom stereocenters. The Balaban J connectivity index is 1.96. The molecular formula is C15H20N2OS. The summed E-state index contributed by atoms with van der Waals surface area (Å²) in [6, 6.07) is 3.75. The molecule has 4 heteroatoms. The fourth-order valence-corrected chi connectivity index (χ4v) is 3.38. The Morgan fingerprint density at radius 3 is 2.89 bits per heavy atom. The van der Waals surface area contributed by atoms with Gasteiger partial charge < -0.3 is 10.6 Å². The normalized spacial score (nSPS) is 15.1. The van der Waals surface area contributed by atoms with E-state index in [4.69, 9.17) is 5.73 Å². The number of amides is 1. The monoisotopic (exact) mass is 276 g/mol. The van der Waals surface area contributed by atoms with Crippen LogP contribution in [0, 0.1) is 17.8 Å². The van der Waals surface area contributed by atoms with Crippen LogP contribution in [0.1, 0.15) is 40.2 Å². The van der Waals surface area contributed by atoms with Gasteiger partial charge in [0.05, 0.1) is 16.3 Å². The molecule has 1 fully saturated rings. The Morgan fingerprint density at radius 1 is 1.47 bits per heavy atom. The van der Waals surface area contributed by atoms with Crippen molar-refractivity contribution in [3.8, 4) is 11.8 Å². The molecule has 0 radical (unpaired) electrons. The predicted octanol–water partition coefficient (Wildman–Crippen LogP) is 2.32. The molecule has 19 heavy (non-hydrogen) atoms. The Hall–Kier alpha value is -1.31. The first-order valence-electron chi connectivity index (χ1n) is 6.75. The van der Waals surface area contributed by atoms with Crippen molar-refractivity contribution < 1.29 is 4.79 Å². The lowest BCUT2D eigenvalue weighted by atomic mass is 10.1. The van der Waals surface area contributed by atoms with E-state index in [1.807, 2.05) is 24.1 Å². The van der Waals surface area contributed by atoms with Gasteiger partial charge in [-0.1, -0.05) is 24.7 Å². The summed E-state index contributed by atoms with van der Waals surface area (Å²) >= 11 is 1.45. The van der Waals surface area contributed by atoms with Crippen LogP contribution in [0.25, 0.3) is 0 Å². The van der Waals surface area contributed by atoms with Crippen molar-refractivity contribution in [2.45, 2.75) is 25.7 Å². The van der Waals surface area contributed by atoms with Gasteiger partial charge in [-0.2, -0.15) is 0 Å². The number of hydrogen-bond acceptors (Lipinski definition) is 3. The zero-order valence-corrected chi connectivity index (χ0v) is 12.1. The van der Waals surface area contributed by atoms with Crippen LogP contribution in [0.4, 0.5) is 0 Å². The van der Waals surface area contributed by atoms with Crippen LogP contribution in [0.2, 0.25) is 0 Å². The Kier molecular flexibility index (Phi) is 5.00. The van der Waals surface area contributed by atoms with Crippen molar-refractivity contribution in [3.05, 3.63) is 21.9 Å². The van der Waals surface area contributed by atoms with Gasteiger partial charge in [0, 0.05) is 13.6 Å². The van der Waals surface area contributed by atoms with Crippen LogP contribution >= 0.6 is 11.3 Å². The maximum Gasteiger partial charge on any atom is 0.263 e. The Morgan fingerprint density at radius 2 is 2.21 bits per heavy atom. The van der Waals surface area contributed by atoms with Gasteiger partial charge in [-0.25, -0.2) is 0 Å². The third-order valence-corrected chi connectivity index (χ3v) is 4.47. The minimum atomic E-state index is 0.109. The van der Waals surface area contributed by atoms with Crippen molar-refractivity contribution >= 4 is 17.2 Å². The Labute approximate surface area is 118 Å². The molecule has 0 saturated heterocycles. The number of carbonyl (C=O) groups is 1. The van der Waals surface area contributed by atoms with Crippen molar-refractivity contribution in [2.75, 3.05) is 20.1 Å². The highest BCUT2D eigenvalue weighted by molar-refractivity contribution is 7.14. The minimum Gasteiger partial charge on any atom is -0.341 e. The standard InChI is InChI=1S/C15H20N2OS/c1-17(11-12-5-2-3-6-12)15(18)14-9-8-13(19-14)7-4-10-16/h8-9,12H,2-3,5-6,10-11,16H2,1H3. The second-order valence-corrected chi connectivity index (χ2v) is 6.09. The van der Waals surface area contributed by atoms with E-state index in [0.717, 1.165) is 16.3 Å². The molecule has 1 aliphatic carbocycles. The fraction of sp³-hybridized carbons (Fsp3) is 0.533. The average Bonchev–Trinajstić information content (AvgIpc) is 3.06. The molecule has 1 heterocycles. The average molecular weight is 276 g/mol. The summed E-state index contributed by atoms with van der Waals surface area (Å²) in [6.45, 7) is 1.23. The second kappa shape index (κ2) is 6.74. The highest BCUT2D eigenvalue weighted by Crippen LogP contribution is 2.26. The summed E-state index contributed by atoms with van der Waals surface area (Å²) in [7, 11) is 1.89. The van der Waals surface area contributed by atoms with E-state index < -0.39 is 0 Å². The lowest BCUT2D eigenvalue weighted by Crippen LogP contribution is -2.30. The maximum absolute atomic E-state index is 12.3. The first-order chi connectivity index (χ1) is 9.20. The fourth-order valence-electron chi connectivity index (χ4n) is 2.51. The van der Waals surface area contributed by atoms with E-state index in [9.17, 15) is 4.79 Å². The van der Waals surface area contributed by atoms with E-state index in [0.29, 0.717) is 12.5 Å². The third-order valence-electron chi connectivity index (χ3n) is 3.48. The van der Waals surface area contributed by atoms with Crippen molar-refractivity contribution in [1.82, 2.24) is 4.90 Å². The molecular weight excluding hydrogens is 256 g/mol. The minimum absolute atomic E-state index is 0.109. The van der Waals surface area contributed by atoms with Gasteiger partial charge in [0.25, 0.3) is 5.91 Å². The SMILES string of the molecule is CN(CC1CCCC1)C(=O)c1ccc(C#CCN)s1. The van der Waals surface area contributed by atoms with Gasteiger partial charge in [-0.05, 0) is 30.9 Å². The lowest BCUT2D eigenvalue weighted by Gasteiger charge is -2.20. The van der Waals surface area contributed by atoms with Crippen molar-refractivity contribution in [1.29, 1.82) is 0 Å². The van der Waals surface area contributed by atoms with Gasteiger partial charge in [0.2, 0.25) is 0 Å². The molecule has 1 aliphatic rings. The van der Waals surface area contributed by atoms with Gasteiger partial charge in [0.1, 0.15) is 0 Å². The molecule has 102 valence electrons. The topological polar surface area (TPSA) is 46.3 Å². The number of carbonyl (C=O) groups excluding carboxylic acids is 1. The second-order valence-electron chi connectivity index (χ2n) is 5.01. The van der Waals surface area contributed by atoms with Crippen LogP contribution in [0.15, 0.2) is 12.1 Å². The highest BCUT2D eigenvalue weighted by Gasteiger charge is 2.20. The number of thiophene rings is 1. The zero-order valence-electron chi connectivity index (χ0n) is 11.3. The molecule has 0 atom stereocenters. The first-order valence-corrected chi connectivity index (χ1v) is 7.56. The molecule has 2 rings (SSSR count). The summed E-state index contributed by atoms with van der Waals surface area (Å²) < 4.78 is 0. The molecule has 0 aromatic carbocycles. The number of nitrogens with zero attached hydrogens (tertiary/aromatic N) is 1. The van der Waals surface area contributed by atoms with E-state index in [-0.39, 0.29) is 5.91 Å². The summed E-state index contributed by atoms with van der Waals surface area (Å²) in [5, 5.41) is 0. The van der Waals surface area contributed by atoms with Crippen LogP contribution in [0.5, 0.6) is 0 Å². The van der Waals surface area contributed by atoms with E-state index in [1.54, 1.807) is 0 Å². The molecule has 1 aromatic heterocycles. The van der Waals surface area contributed by atoms with Gasteiger partial charge in [-0.15, -0.1) is 11.3 Å². The van der Waals surface area contributed by atoms with E-state index in [1.165, 1.54) is 37.0 Å². The largest absolute Gasteiger partial charge is 0.341 e. The van der Waals surface area contributed by atoms with Gasteiger partial charge in [0.15, 0.2) is 0 Å². The maximum atomic E-state index is 12.3. The summed E-state index contributed by atoms with van der Waals surface area (Å²) in [6.07, 6.45) is 5.14. The summed E-state index contributed by atoms with van der Waals surface area (Å²) in [5.41, 5.74) is 5.34. The van der Waals surface area contributed by atoms with Crippen molar-refractivity contribution in [3.63, 3.8) is 0 Å². The predicted molar refractivity (Wildman–Crippen MR) is 79.2 cm³/mol. The van der Waals surface area contributed by atoms with E-state index >= 15 is 0 Å². The molecule has 3 nitrogen and oxygen atoms in total. The Bertz CT molecular complexity index is 492. The number of rotatable bonds is 3. The molecule has 1 aromatic rings. The van der Waals surface area contributed by atoms with Crippen molar-refractivity contribution in [2.24, 2.45) is 11.7 Å². The molecule has 2 N–H and O–H groups in total. The van der Waals surface area contributed by atoms with Crippen LogP contribution in [0.3, 0.4) is 0 Å². The zero-order chi connectivity index (χ0) is 13.7. The van der Waals surface area contributed by atoms with Crippen LogP contribution < -0.4 is 5.73 Å². The number of hydrogen-bond donors (Lipinski definition) is 1. The summed E-state index contributed by atoms with van der Waals surface area (Å²) in [4.78, 5) is 15.8. The molecule has 0 bridgehead atoms. The number of nitrogens with two attached hydrogens (primary N) is 1. The molecule has 0 aliphatic heterocycles. The lowest BCUT2D eigenvalue weighted by molar-refractivity contribution is 0.0778. The van der Waals surface area contributed by atoms with Crippen LogP contribution in [-0.4, -0.2) is 30.9 Å². The highest BCUT2D eigenvalue weighted by atomic mass is 32.1. The quantitative estimate of drug-likeness (QED) is 0.861. The van der Waals surface area contributed by atoms with Gasteiger partial charge in [-0.3, -0.25) is 4.79 Å². The first kappa shape index (κ1) is 14.1. The molecule has 1 saturated carbocycles. The van der Waals surface area contributed by atoms with E-state index in [2.05, 4.69) is 11.8 Å².